The predicted octanol–water partition coefficient (Wildman–Crippen LogP) is 5.39. The minimum absolute atomic E-state index is 0.0263. The van der Waals surface area contributed by atoms with Crippen LogP contribution in [-0.2, 0) is 16.5 Å². The van der Waals surface area contributed by atoms with E-state index in [0.717, 1.165) is 17.7 Å². The van der Waals surface area contributed by atoms with Crippen LogP contribution in [-0.4, -0.2) is 44.6 Å². The van der Waals surface area contributed by atoms with E-state index in [9.17, 15) is 27.2 Å². The first-order valence-electron chi connectivity index (χ1n) is 12.2. The number of fused-ring (bicyclic) bond motifs is 2. The zero-order valence-electron chi connectivity index (χ0n) is 20.3. The molecule has 0 bridgehead atoms. The molecule has 39 heavy (non-hydrogen) atoms. The Morgan fingerprint density at radius 2 is 1.69 bits per heavy atom. The van der Waals surface area contributed by atoms with E-state index in [0.29, 0.717) is 48.8 Å². The normalized spacial score (nSPS) is 16.3. The number of halogens is 4. The van der Waals surface area contributed by atoms with Crippen molar-refractivity contribution in [3.63, 3.8) is 0 Å². The lowest BCUT2D eigenvalue weighted by molar-refractivity contribution is -0.140. The summed E-state index contributed by atoms with van der Waals surface area (Å²) >= 11 is 0. The maximum atomic E-state index is 14.4. The first-order chi connectivity index (χ1) is 18.7. The van der Waals surface area contributed by atoms with Crippen molar-refractivity contribution in [2.24, 2.45) is 0 Å². The molecule has 0 radical (unpaired) electrons. The first-order valence-corrected chi connectivity index (χ1v) is 12.2. The molecule has 4 heterocycles. The van der Waals surface area contributed by atoms with Gasteiger partial charge in [0.2, 0.25) is 0 Å². The Balaban J connectivity index is 1.31. The van der Waals surface area contributed by atoms with E-state index in [-0.39, 0.29) is 17.4 Å². The maximum Gasteiger partial charge on any atom is 0.419 e. The highest BCUT2D eigenvalue weighted by Gasteiger charge is 2.48. The summed E-state index contributed by atoms with van der Waals surface area (Å²) in [6.45, 7) is 0.597. The molecule has 0 N–H and O–H groups in total. The predicted molar refractivity (Wildman–Crippen MR) is 130 cm³/mol. The number of nitrogens with zero attached hydrogens (tertiary/aromatic N) is 4. The first kappa shape index (κ1) is 24.8. The summed E-state index contributed by atoms with van der Waals surface area (Å²) < 4.78 is 60.7. The molecule has 1 fully saturated rings. The second-order valence-electron chi connectivity index (χ2n) is 9.45. The van der Waals surface area contributed by atoms with Gasteiger partial charge in [-0.15, -0.1) is 0 Å². The number of rotatable bonds is 3. The van der Waals surface area contributed by atoms with Crippen LogP contribution in [0.2, 0.25) is 0 Å². The van der Waals surface area contributed by atoms with Crippen LogP contribution in [0.4, 0.5) is 17.6 Å². The molecule has 2 aliphatic rings. The van der Waals surface area contributed by atoms with Crippen molar-refractivity contribution in [1.29, 1.82) is 0 Å². The van der Waals surface area contributed by atoms with Crippen molar-refractivity contribution in [3.05, 3.63) is 101 Å². The maximum absolute atomic E-state index is 14.4. The average molecular weight is 536 g/mol. The SMILES string of the molecule is O=C1OC2(CCN(C(=O)c3cc(-c4ccncc4)n(-c4ccc(C(F)(F)F)c(F)c4)n3)CC2)c2ccccc21. The molecule has 198 valence electrons. The smallest absolute Gasteiger partial charge is 0.419 e. The Labute approximate surface area is 219 Å². The number of carbonyl (C=O) groups is 2. The van der Waals surface area contributed by atoms with E-state index in [4.69, 9.17) is 4.74 Å². The number of benzene rings is 2. The minimum Gasteiger partial charge on any atom is -0.450 e. The summed E-state index contributed by atoms with van der Waals surface area (Å²) in [4.78, 5) is 31.4. The number of carbonyl (C=O) groups excluding carboxylic acids is 2. The highest BCUT2D eigenvalue weighted by Crippen LogP contribution is 2.44. The van der Waals surface area contributed by atoms with Gasteiger partial charge in [-0.25, -0.2) is 13.9 Å². The quantitative estimate of drug-likeness (QED) is 0.259. The Kier molecular flexibility index (Phi) is 5.74. The molecule has 0 aliphatic carbocycles. The molecule has 0 atom stereocenters. The molecular weight excluding hydrogens is 516 g/mol. The third-order valence-corrected chi connectivity index (χ3v) is 7.19. The van der Waals surface area contributed by atoms with Crippen LogP contribution in [0.3, 0.4) is 0 Å². The molecule has 1 amide bonds. The molecule has 1 saturated heterocycles. The van der Waals surface area contributed by atoms with Crippen LogP contribution in [0, 0.1) is 5.82 Å². The Hall–Kier alpha value is -4.54. The van der Waals surface area contributed by atoms with Gasteiger partial charge in [-0.05, 0) is 36.4 Å². The average Bonchev–Trinajstić information content (AvgIpc) is 3.49. The van der Waals surface area contributed by atoms with E-state index < -0.39 is 29.1 Å². The second kappa shape index (κ2) is 9.04. The van der Waals surface area contributed by atoms with Gasteiger partial charge in [0.05, 0.1) is 22.5 Å². The minimum atomic E-state index is -4.85. The number of ether oxygens (including phenoxy) is 1. The van der Waals surface area contributed by atoms with Crippen LogP contribution in [0.15, 0.2) is 73.1 Å². The van der Waals surface area contributed by atoms with Gasteiger partial charge in [0.15, 0.2) is 5.69 Å². The summed E-state index contributed by atoms with van der Waals surface area (Å²) in [6.07, 6.45) is -0.993. The van der Waals surface area contributed by atoms with Gasteiger partial charge in [0, 0.05) is 55.5 Å². The number of hydrogen-bond acceptors (Lipinski definition) is 5. The summed E-state index contributed by atoms with van der Waals surface area (Å²) in [5.41, 5.74) is 0.203. The molecule has 2 aromatic carbocycles. The number of pyridine rings is 1. The number of amides is 1. The lowest BCUT2D eigenvalue weighted by Gasteiger charge is -2.38. The Morgan fingerprint density at radius 1 is 0.974 bits per heavy atom. The standard InChI is InChI=1S/C28H20F4N4O3/c29-22-15-18(5-6-21(22)28(30,31)32)36-24(17-7-11-33-12-8-17)16-23(34-36)25(37)35-13-9-27(10-14-35)20-4-2-1-3-19(20)26(38)39-27/h1-8,11-12,15-16H,9-10,13-14H2. The van der Waals surface area contributed by atoms with Crippen molar-refractivity contribution in [3.8, 4) is 16.9 Å². The number of esters is 1. The molecule has 2 aromatic heterocycles. The van der Waals surface area contributed by atoms with Gasteiger partial charge in [-0.2, -0.15) is 18.3 Å². The van der Waals surface area contributed by atoms with Gasteiger partial charge < -0.3 is 9.64 Å². The zero-order chi connectivity index (χ0) is 27.4. The summed E-state index contributed by atoms with van der Waals surface area (Å²) in [6, 6.07) is 14.5. The third kappa shape index (κ3) is 4.23. The Bertz CT molecular complexity index is 1590. The summed E-state index contributed by atoms with van der Waals surface area (Å²) in [5.74, 6) is -2.23. The van der Waals surface area contributed by atoms with Crippen molar-refractivity contribution >= 4 is 11.9 Å². The number of piperidine rings is 1. The molecule has 1 spiro atoms. The lowest BCUT2D eigenvalue weighted by atomic mass is 9.83. The molecule has 0 unspecified atom stereocenters. The number of hydrogen-bond donors (Lipinski definition) is 0. The fraction of sp³-hybridized carbons (Fsp3) is 0.214. The zero-order valence-corrected chi connectivity index (χ0v) is 20.3. The Morgan fingerprint density at radius 3 is 2.38 bits per heavy atom. The van der Waals surface area contributed by atoms with Crippen LogP contribution >= 0.6 is 0 Å². The van der Waals surface area contributed by atoms with E-state index >= 15 is 0 Å². The van der Waals surface area contributed by atoms with Crippen LogP contribution in [0.25, 0.3) is 16.9 Å². The monoisotopic (exact) mass is 536 g/mol. The highest BCUT2D eigenvalue weighted by atomic mass is 19.4. The largest absolute Gasteiger partial charge is 0.450 e. The molecule has 4 aromatic rings. The van der Waals surface area contributed by atoms with Crippen LogP contribution < -0.4 is 0 Å². The van der Waals surface area contributed by atoms with E-state index in [1.165, 1.54) is 23.1 Å². The van der Waals surface area contributed by atoms with E-state index in [1.54, 1.807) is 29.2 Å². The number of aromatic nitrogens is 3. The van der Waals surface area contributed by atoms with Crippen LogP contribution in [0.1, 0.15) is 44.8 Å². The molecule has 6 rings (SSSR count). The molecular formula is C28H20F4N4O3. The number of alkyl halides is 3. The van der Waals surface area contributed by atoms with Crippen molar-refractivity contribution in [1.82, 2.24) is 19.7 Å². The summed E-state index contributed by atoms with van der Waals surface area (Å²) in [5, 5.41) is 4.37. The van der Waals surface area contributed by atoms with E-state index in [2.05, 4.69) is 10.1 Å². The van der Waals surface area contributed by atoms with Gasteiger partial charge in [-0.1, -0.05) is 18.2 Å². The van der Waals surface area contributed by atoms with Crippen LogP contribution in [0.5, 0.6) is 0 Å². The molecule has 0 saturated carbocycles. The van der Waals surface area contributed by atoms with Gasteiger partial charge in [0.1, 0.15) is 11.4 Å². The van der Waals surface area contributed by atoms with E-state index in [1.807, 2.05) is 12.1 Å². The molecule has 2 aliphatic heterocycles. The second-order valence-corrected chi connectivity index (χ2v) is 9.45. The fourth-order valence-electron chi connectivity index (χ4n) is 5.23. The topological polar surface area (TPSA) is 77.3 Å². The highest BCUT2D eigenvalue weighted by molar-refractivity contribution is 5.95. The van der Waals surface area contributed by atoms with Gasteiger partial charge in [0.25, 0.3) is 5.91 Å². The molecule has 7 nitrogen and oxygen atoms in total. The van der Waals surface area contributed by atoms with Gasteiger partial charge >= 0.3 is 12.1 Å². The molecule has 11 heteroatoms. The lowest BCUT2D eigenvalue weighted by Crippen LogP contribution is -2.45. The third-order valence-electron chi connectivity index (χ3n) is 7.19. The van der Waals surface area contributed by atoms with Crippen molar-refractivity contribution in [2.45, 2.75) is 24.6 Å². The number of likely N-dealkylation sites (tertiary alicyclic amines) is 1. The van der Waals surface area contributed by atoms with Crippen molar-refractivity contribution < 1.29 is 31.9 Å². The van der Waals surface area contributed by atoms with Crippen molar-refractivity contribution in [2.75, 3.05) is 13.1 Å². The fourth-order valence-corrected chi connectivity index (χ4v) is 5.23. The summed E-state index contributed by atoms with van der Waals surface area (Å²) in [7, 11) is 0. The van der Waals surface area contributed by atoms with Gasteiger partial charge in [-0.3, -0.25) is 9.78 Å².